The summed E-state index contributed by atoms with van der Waals surface area (Å²) in [5.41, 5.74) is -0.604. The summed E-state index contributed by atoms with van der Waals surface area (Å²) in [4.78, 5) is 12.8. The number of aliphatic hydroxyl groups is 1. The first-order chi connectivity index (χ1) is 9.91. The maximum Gasteiger partial charge on any atom is 0.410 e. The number of carbonyl (C=O) groups excluding carboxylic acids is 1. The van der Waals surface area contributed by atoms with E-state index >= 15 is 0 Å². The van der Waals surface area contributed by atoms with Crippen molar-refractivity contribution in [3.8, 4) is 0 Å². The minimum absolute atomic E-state index is 0.0250. The third-order valence-electron chi connectivity index (χ3n) is 1.70. The van der Waals surface area contributed by atoms with Crippen LogP contribution in [-0.4, -0.2) is 56.3 Å². The number of nitrogens with zero attached hydrogens (tertiary/aromatic N) is 1. The summed E-state index contributed by atoms with van der Waals surface area (Å²) in [6.07, 6.45) is -1.20. The zero-order valence-electron chi connectivity index (χ0n) is 15.3. The lowest BCUT2D eigenvalue weighted by molar-refractivity contribution is -0.0243. The number of hydrogen-bond donors (Lipinski definition) is 1. The van der Waals surface area contributed by atoms with Gasteiger partial charge in [0, 0.05) is 20.0 Å². The summed E-state index contributed by atoms with van der Waals surface area (Å²) in [5, 5.41) is 9.27. The van der Waals surface area contributed by atoms with Crippen molar-refractivity contribution in [2.45, 2.75) is 66.8 Å². The molecule has 0 aliphatic heterocycles. The molecule has 1 atom stereocenters. The average Bonchev–Trinajstić information content (AvgIpc) is 2.36. The molecule has 0 rings (SSSR count). The van der Waals surface area contributed by atoms with Crippen LogP contribution in [-0.2, 0) is 19.0 Å². The Kier molecular flexibility index (Phi) is 15.0. The number of ether oxygens (including phenoxy) is 1. The fourth-order valence-corrected chi connectivity index (χ4v) is 1.48. The summed E-state index contributed by atoms with van der Waals surface area (Å²) in [6.45, 7) is 13.3. The van der Waals surface area contributed by atoms with Gasteiger partial charge in [-0.1, -0.05) is 27.7 Å². The van der Waals surface area contributed by atoms with E-state index in [1.165, 1.54) is 11.9 Å². The maximum atomic E-state index is 11.5. The molecule has 0 aromatic rings. The molecule has 0 aromatic carbocycles. The van der Waals surface area contributed by atoms with E-state index in [-0.39, 0.29) is 13.0 Å². The van der Waals surface area contributed by atoms with E-state index < -0.39 is 28.1 Å². The van der Waals surface area contributed by atoms with Crippen LogP contribution in [0.5, 0.6) is 0 Å². The van der Waals surface area contributed by atoms with Crippen LogP contribution in [0.2, 0.25) is 0 Å². The second-order valence-corrected chi connectivity index (χ2v) is 6.55. The molecule has 0 fully saturated rings. The van der Waals surface area contributed by atoms with Gasteiger partial charge in [0.05, 0.1) is 6.26 Å². The Labute approximate surface area is 135 Å². The van der Waals surface area contributed by atoms with E-state index in [4.69, 9.17) is 4.74 Å². The average molecular weight is 343 g/mol. The first kappa shape index (κ1) is 26.1. The normalized spacial score (nSPS) is 12.1. The second kappa shape index (κ2) is 12.7. The van der Waals surface area contributed by atoms with Crippen molar-refractivity contribution in [3.63, 3.8) is 0 Å². The van der Waals surface area contributed by atoms with E-state index in [0.29, 0.717) is 0 Å². The van der Waals surface area contributed by atoms with E-state index in [2.05, 4.69) is 4.18 Å². The van der Waals surface area contributed by atoms with Gasteiger partial charge in [-0.2, -0.15) is 8.42 Å². The topological polar surface area (TPSA) is 93.1 Å². The van der Waals surface area contributed by atoms with Crippen LogP contribution in [0.15, 0.2) is 0 Å². The van der Waals surface area contributed by atoms with Gasteiger partial charge in [-0.3, -0.25) is 0 Å². The lowest BCUT2D eigenvalue weighted by Crippen LogP contribution is -2.36. The highest BCUT2D eigenvalue weighted by Gasteiger charge is 2.20. The molecule has 0 heterocycles. The largest absolute Gasteiger partial charge is 0.444 e. The highest BCUT2D eigenvalue weighted by molar-refractivity contribution is 7.86. The van der Waals surface area contributed by atoms with Gasteiger partial charge >= 0.3 is 6.09 Å². The number of rotatable bonds is 5. The molecule has 1 amide bonds. The predicted octanol–water partition coefficient (Wildman–Crippen LogP) is 2.59. The van der Waals surface area contributed by atoms with E-state index in [1.54, 1.807) is 20.8 Å². The molecule has 7 nitrogen and oxygen atoms in total. The predicted molar refractivity (Wildman–Crippen MR) is 88.1 cm³/mol. The lowest BCUT2D eigenvalue weighted by Gasteiger charge is -2.25. The van der Waals surface area contributed by atoms with Crippen molar-refractivity contribution in [1.29, 1.82) is 0 Å². The zero-order valence-corrected chi connectivity index (χ0v) is 16.2. The summed E-state index contributed by atoms with van der Waals surface area (Å²) < 4.78 is 30.8. The van der Waals surface area contributed by atoms with Crippen LogP contribution in [0.1, 0.15) is 54.9 Å². The number of aliphatic hydroxyl groups excluding tert-OH is 1. The molecule has 8 heteroatoms. The Morgan fingerprint density at radius 1 is 1.18 bits per heavy atom. The molecular weight excluding hydrogens is 310 g/mol. The maximum absolute atomic E-state index is 11.5. The number of hydrogen-bond acceptors (Lipinski definition) is 6. The van der Waals surface area contributed by atoms with Gasteiger partial charge in [-0.25, -0.2) is 8.98 Å². The Bertz CT molecular complexity index is 375. The van der Waals surface area contributed by atoms with Crippen molar-refractivity contribution in [3.05, 3.63) is 0 Å². The Balaban J connectivity index is -0.000000826. The molecule has 22 heavy (non-hydrogen) atoms. The van der Waals surface area contributed by atoms with Crippen molar-refractivity contribution in [1.82, 2.24) is 4.90 Å². The van der Waals surface area contributed by atoms with Crippen molar-refractivity contribution in [2.75, 3.05) is 19.8 Å². The third kappa shape index (κ3) is 19.1. The Hall–Kier alpha value is -0.860. The van der Waals surface area contributed by atoms with Crippen LogP contribution in [0.25, 0.3) is 0 Å². The van der Waals surface area contributed by atoms with E-state index in [9.17, 15) is 18.3 Å². The SMILES string of the molecule is CC.CC.CN(CC[C@H](O)OS(C)(=O)=O)C(=O)OC(C)(C)C. The fraction of sp³-hybridized carbons (Fsp3) is 0.929. The molecule has 0 radical (unpaired) electrons. The molecule has 1 N–H and O–H groups in total. The Morgan fingerprint density at radius 2 is 1.59 bits per heavy atom. The molecule has 0 aliphatic carbocycles. The molecule has 0 unspecified atom stereocenters. The molecule has 0 aliphatic rings. The van der Waals surface area contributed by atoms with Crippen molar-refractivity contribution >= 4 is 16.2 Å². The van der Waals surface area contributed by atoms with Gasteiger partial charge in [0.15, 0.2) is 6.29 Å². The van der Waals surface area contributed by atoms with Crippen LogP contribution < -0.4 is 0 Å². The van der Waals surface area contributed by atoms with Gasteiger partial charge in [0.1, 0.15) is 5.60 Å². The van der Waals surface area contributed by atoms with Crippen LogP contribution in [0.3, 0.4) is 0 Å². The first-order valence-electron chi connectivity index (χ1n) is 7.41. The van der Waals surface area contributed by atoms with Crippen LogP contribution >= 0.6 is 0 Å². The highest BCUT2D eigenvalue weighted by Crippen LogP contribution is 2.09. The number of amides is 1. The summed E-state index contributed by atoms with van der Waals surface area (Å²) >= 11 is 0. The molecule has 0 saturated carbocycles. The van der Waals surface area contributed by atoms with Gasteiger partial charge in [-0.15, -0.1) is 0 Å². The first-order valence-corrected chi connectivity index (χ1v) is 9.23. The van der Waals surface area contributed by atoms with Gasteiger partial charge in [0.25, 0.3) is 10.1 Å². The molecule has 136 valence electrons. The summed E-state index contributed by atoms with van der Waals surface area (Å²) in [7, 11) is -2.22. The van der Waals surface area contributed by atoms with Gasteiger partial charge in [-0.05, 0) is 20.8 Å². The molecule has 0 aromatic heterocycles. The standard InChI is InChI=1S/C10H21NO6S.2C2H6/c1-10(2,3)16-9(13)11(4)7-6-8(12)17-18(5,14)15;2*1-2/h8,12H,6-7H2,1-5H3;2*1-2H3/t8-;;/m1../s1. The quantitative estimate of drug-likeness (QED) is 0.609. The van der Waals surface area contributed by atoms with E-state index in [1.807, 2.05) is 27.7 Å². The van der Waals surface area contributed by atoms with Gasteiger partial charge in [0.2, 0.25) is 0 Å². The Morgan fingerprint density at radius 3 is 1.91 bits per heavy atom. The minimum atomic E-state index is -3.71. The number of carbonyl (C=O) groups is 1. The van der Waals surface area contributed by atoms with Crippen LogP contribution in [0.4, 0.5) is 4.79 Å². The molecule has 0 spiro atoms. The van der Waals surface area contributed by atoms with Gasteiger partial charge < -0.3 is 14.7 Å². The summed E-state index contributed by atoms with van der Waals surface area (Å²) in [6, 6.07) is 0. The lowest BCUT2D eigenvalue weighted by atomic mass is 10.2. The zero-order chi connectivity index (χ0) is 18.6. The fourth-order valence-electron chi connectivity index (χ4n) is 0.985. The monoisotopic (exact) mass is 343 g/mol. The van der Waals surface area contributed by atoms with Crippen LogP contribution in [0, 0.1) is 0 Å². The highest BCUT2D eigenvalue weighted by atomic mass is 32.2. The minimum Gasteiger partial charge on any atom is -0.444 e. The molecule has 0 bridgehead atoms. The second-order valence-electron chi connectivity index (χ2n) is 4.95. The molecule has 0 saturated heterocycles. The van der Waals surface area contributed by atoms with Crippen molar-refractivity contribution < 1.29 is 27.2 Å². The third-order valence-corrected chi connectivity index (χ3v) is 2.27. The van der Waals surface area contributed by atoms with Crippen molar-refractivity contribution in [2.24, 2.45) is 0 Å². The molecular formula is C14H33NO6S. The summed E-state index contributed by atoms with van der Waals surface area (Å²) in [5.74, 6) is 0. The van der Waals surface area contributed by atoms with E-state index in [0.717, 1.165) is 6.26 Å². The smallest absolute Gasteiger partial charge is 0.410 e.